The van der Waals surface area contributed by atoms with Crippen LogP contribution < -0.4 is 5.73 Å². The van der Waals surface area contributed by atoms with Gasteiger partial charge >= 0.3 is 0 Å². The Labute approximate surface area is 151 Å². The zero-order chi connectivity index (χ0) is 17.6. The van der Waals surface area contributed by atoms with E-state index in [2.05, 4.69) is 6.92 Å². The minimum Gasteiger partial charge on any atom is -0.397 e. The number of nitrogens with two attached hydrogens (primary N) is 1. The van der Waals surface area contributed by atoms with Crippen molar-refractivity contribution in [1.82, 2.24) is 4.98 Å². The molecule has 2 N–H and O–H groups in total. The minimum absolute atomic E-state index is 0.00288. The smallest absolute Gasteiger partial charge is 0.205 e. The molecule has 2 aromatic heterocycles. The third-order valence-electron chi connectivity index (χ3n) is 5.14. The minimum atomic E-state index is 0.00288. The highest BCUT2D eigenvalue weighted by Gasteiger charge is 2.25. The summed E-state index contributed by atoms with van der Waals surface area (Å²) in [5.74, 6) is 0.00288. The van der Waals surface area contributed by atoms with Gasteiger partial charge < -0.3 is 5.73 Å². The Morgan fingerprint density at radius 3 is 2.52 bits per heavy atom. The molecule has 0 fully saturated rings. The van der Waals surface area contributed by atoms with E-state index >= 15 is 0 Å². The van der Waals surface area contributed by atoms with E-state index in [1.165, 1.54) is 41.0 Å². The highest BCUT2D eigenvalue weighted by molar-refractivity contribution is 7.21. The van der Waals surface area contributed by atoms with Gasteiger partial charge in [-0.15, -0.1) is 11.3 Å². The molecule has 0 radical (unpaired) electrons. The molecule has 0 amide bonds. The van der Waals surface area contributed by atoms with Crippen molar-refractivity contribution < 1.29 is 4.79 Å². The number of fused-ring (bicyclic) bond motifs is 3. The van der Waals surface area contributed by atoms with Crippen LogP contribution in [-0.2, 0) is 19.3 Å². The first-order chi connectivity index (χ1) is 12.1. The lowest BCUT2D eigenvalue weighted by Crippen LogP contribution is -2.09. The summed E-state index contributed by atoms with van der Waals surface area (Å²) < 4.78 is 0. The van der Waals surface area contributed by atoms with E-state index in [-0.39, 0.29) is 5.78 Å². The van der Waals surface area contributed by atoms with E-state index < -0.39 is 0 Å². The Morgan fingerprint density at radius 1 is 1.16 bits per heavy atom. The van der Waals surface area contributed by atoms with Crippen molar-refractivity contribution in [2.75, 3.05) is 5.73 Å². The third kappa shape index (κ3) is 2.65. The Bertz CT molecular complexity index is 970. The lowest BCUT2D eigenvalue weighted by Gasteiger charge is -2.19. The van der Waals surface area contributed by atoms with E-state index in [1.54, 1.807) is 0 Å². The van der Waals surface area contributed by atoms with Crippen molar-refractivity contribution in [3.63, 3.8) is 0 Å². The van der Waals surface area contributed by atoms with Crippen LogP contribution in [0.25, 0.3) is 10.2 Å². The van der Waals surface area contributed by atoms with Gasteiger partial charge in [0.2, 0.25) is 5.78 Å². The van der Waals surface area contributed by atoms with E-state index in [9.17, 15) is 4.79 Å². The van der Waals surface area contributed by atoms with Gasteiger partial charge in [-0.2, -0.15) is 0 Å². The van der Waals surface area contributed by atoms with Crippen molar-refractivity contribution in [3.05, 3.63) is 57.1 Å². The molecule has 3 nitrogen and oxygen atoms in total. The van der Waals surface area contributed by atoms with Gasteiger partial charge in [-0.25, -0.2) is 4.98 Å². The SMILES string of the molecule is CCc1nc2sc(C(=O)c3ccc(C)cc3)c(N)c2c2c1CCCC2. The number of carbonyl (C=O) groups is 1. The van der Waals surface area contributed by atoms with Gasteiger partial charge in [0.25, 0.3) is 0 Å². The molecule has 0 unspecified atom stereocenters. The van der Waals surface area contributed by atoms with Crippen LogP contribution in [0.1, 0.15) is 57.4 Å². The van der Waals surface area contributed by atoms with Gasteiger partial charge in [-0.3, -0.25) is 4.79 Å². The number of nitrogens with zero attached hydrogens (tertiary/aromatic N) is 1. The standard InChI is InChI=1S/C21H22N2OS/c1-3-16-14-6-4-5-7-15(14)17-18(22)20(25-21(17)23-16)19(24)13-10-8-12(2)9-11-13/h8-11H,3-7,22H2,1-2H3. The normalized spacial score (nSPS) is 13.8. The van der Waals surface area contributed by atoms with E-state index in [0.717, 1.165) is 35.0 Å². The fourth-order valence-electron chi connectivity index (χ4n) is 3.79. The molecule has 3 aromatic rings. The molecule has 0 saturated heterocycles. The third-order valence-corrected chi connectivity index (χ3v) is 6.23. The van der Waals surface area contributed by atoms with Gasteiger partial charge in [-0.05, 0) is 50.2 Å². The van der Waals surface area contributed by atoms with Crippen LogP contribution in [0.15, 0.2) is 24.3 Å². The number of hydrogen-bond acceptors (Lipinski definition) is 4. The molecule has 0 saturated carbocycles. The molecule has 0 spiro atoms. The van der Waals surface area contributed by atoms with Crippen LogP contribution in [0, 0.1) is 6.92 Å². The van der Waals surface area contributed by atoms with Gasteiger partial charge in [-0.1, -0.05) is 36.8 Å². The summed E-state index contributed by atoms with van der Waals surface area (Å²) in [6, 6.07) is 7.68. The number of rotatable bonds is 3. The molecule has 1 aromatic carbocycles. The highest BCUT2D eigenvalue weighted by atomic mass is 32.1. The molecule has 2 heterocycles. The number of pyridine rings is 1. The molecular weight excluding hydrogens is 328 g/mol. The molecule has 4 rings (SSSR count). The molecule has 4 heteroatoms. The van der Waals surface area contributed by atoms with E-state index in [0.29, 0.717) is 16.1 Å². The Morgan fingerprint density at radius 2 is 1.84 bits per heavy atom. The predicted molar refractivity (Wildman–Crippen MR) is 105 cm³/mol. The first-order valence-corrected chi connectivity index (χ1v) is 9.75. The fourth-order valence-corrected chi connectivity index (χ4v) is 4.90. The molecule has 1 aliphatic rings. The summed E-state index contributed by atoms with van der Waals surface area (Å²) >= 11 is 1.45. The Balaban J connectivity index is 1.90. The van der Waals surface area contributed by atoms with Crippen LogP contribution in [0.5, 0.6) is 0 Å². The van der Waals surface area contributed by atoms with Crippen molar-refractivity contribution in [1.29, 1.82) is 0 Å². The largest absolute Gasteiger partial charge is 0.397 e. The quantitative estimate of drug-likeness (QED) is 0.686. The highest BCUT2D eigenvalue weighted by Crippen LogP contribution is 2.40. The molecule has 0 aliphatic heterocycles. The average molecular weight is 350 g/mol. The first kappa shape index (κ1) is 16.3. The maximum absolute atomic E-state index is 13.0. The second kappa shape index (κ2) is 6.26. The summed E-state index contributed by atoms with van der Waals surface area (Å²) in [5.41, 5.74) is 12.8. The lowest BCUT2D eigenvalue weighted by molar-refractivity contribution is 0.104. The number of benzene rings is 1. The second-order valence-electron chi connectivity index (χ2n) is 6.80. The summed E-state index contributed by atoms with van der Waals surface area (Å²) in [5, 5.41) is 1.03. The van der Waals surface area contributed by atoms with Crippen molar-refractivity contribution in [2.45, 2.75) is 46.0 Å². The fraction of sp³-hybridized carbons (Fsp3) is 0.333. The molecular formula is C21H22N2OS. The van der Waals surface area contributed by atoms with Crippen molar-refractivity contribution in [3.8, 4) is 0 Å². The summed E-state index contributed by atoms with van der Waals surface area (Å²) in [6.45, 7) is 4.17. The van der Waals surface area contributed by atoms with Crippen molar-refractivity contribution >= 4 is 33.0 Å². The second-order valence-corrected chi connectivity index (χ2v) is 7.80. The predicted octanol–water partition coefficient (Wildman–Crippen LogP) is 4.86. The lowest BCUT2D eigenvalue weighted by atomic mass is 9.88. The van der Waals surface area contributed by atoms with Gasteiger partial charge in [0.15, 0.2) is 0 Å². The zero-order valence-electron chi connectivity index (χ0n) is 14.7. The number of thiophene rings is 1. The Kier molecular flexibility index (Phi) is 4.08. The summed E-state index contributed by atoms with van der Waals surface area (Å²) in [7, 11) is 0. The number of aromatic nitrogens is 1. The first-order valence-electron chi connectivity index (χ1n) is 8.94. The van der Waals surface area contributed by atoms with Crippen LogP contribution in [0.3, 0.4) is 0 Å². The Hall–Kier alpha value is -2.20. The number of carbonyl (C=O) groups excluding carboxylic acids is 1. The topological polar surface area (TPSA) is 56.0 Å². The van der Waals surface area contributed by atoms with Crippen molar-refractivity contribution in [2.24, 2.45) is 0 Å². The number of ketones is 1. The maximum atomic E-state index is 13.0. The van der Waals surface area contributed by atoms with Gasteiger partial charge in [0.05, 0.1) is 5.69 Å². The zero-order valence-corrected chi connectivity index (χ0v) is 15.5. The van der Waals surface area contributed by atoms with Gasteiger partial charge in [0, 0.05) is 16.6 Å². The number of anilines is 1. The molecule has 1 aliphatic carbocycles. The van der Waals surface area contributed by atoms with Gasteiger partial charge in [0.1, 0.15) is 9.71 Å². The molecule has 0 atom stereocenters. The number of hydrogen-bond donors (Lipinski definition) is 1. The molecule has 128 valence electrons. The van der Waals surface area contributed by atoms with Crippen LogP contribution in [0.4, 0.5) is 5.69 Å². The van der Waals surface area contributed by atoms with Crippen LogP contribution in [0.2, 0.25) is 0 Å². The molecule has 25 heavy (non-hydrogen) atoms. The average Bonchev–Trinajstić information content (AvgIpc) is 2.98. The number of nitrogen functional groups attached to an aromatic ring is 1. The molecule has 0 bridgehead atoms. The van der Waals surface area contributed by atoms with Crippen LogP contribution in [-0.4, -0.2) is 10.8 Å². The monoisotopic (exact) mass is 350 g/mol. The maximum Gasteiger partial charge on any atom is 0.205 e. The summed E-state index contributed by atoms with van der Waals surface area (Å²) in [4.78, 5) is 19.4. The summed E-state index contributed by atoms with van der Waals surface area (Å²) in [6.07, 6.45) is 5.45. The van der Waals surface area contributed by atoms with Crippen LogP contribution >= 0.6 is 11.3 Å². The van der Waals surface area contributed by atoms with E-state index in [4.69, 9.17) is 10.7 Å². The van der Waals surface area contributed by atoms with E-state index in [1.807, 2.05) is 31.2 Å². The number of aryl methyl sites for hydroxylation is 3.